The van der Waals surface area contributed by atoms with Gasteiger partial charge in [-0.05, 0) is 12.1 Å². The molecule has 0 aliphatic carbocycles. The molecule has 4 N–H and O–H groups in total. The summed E-state index contributed by atoms with van der Waals surface area (Å²) in [6.45, 7) is 6.89. The van der Waals surface area contributed by atoms with Gasteiger partial charge in [-0.25, -0.2) is 9.83 Å². The molecule has 0 atom stereocenters. The lowest BCUT2D eigenvalue weighted by Gasteiger charge is -2.04. The molecule has 0 spiro atoms. The van der Waals surface area contributed by atoms with E-state index < -0.39 is 5.56 Å². The minimum Gasteiger partial charge on any atom is -0.507 e. The Morgan fingerprint density at radius 3 is 2.82 bits per heavy atom. The van der Waals surface area contributed by atoms with E-state index in [0.717, 1.165) is 0 Å². The van der Waals surface area contributed by atoms with Crippen molar-refractivity contribution < 1.29 is 5.11 Å². The fourth-order valence-corrected chi connectivity index (χ4v) is 1.41. The standard InChI is InChI=1S/C11H8N4O2/c1-13-6-2-3-9(16)7(4-6)8-5-10(17)15-11(12)14-8/h2-5,16H,(H3,12,14,15,17). The highest BCUT2D eigenvalue weighted by molar-refractivity contribution is 5.72. The second kappa shape index (κ2) is 3.98. The number of phenolic OH excluding ortho intramolecular Hbond substituents is 1. The predicted octanol–water partition coefficient (Wildman–Crippen LogP) is 1.28. The maximum absolute atomic E-state index is 11.2. The Bertz CT molecular complexity index is 670. The van der Waals surface area contributed by atoms with Gasteiger partial charge in [0.25, 0.3) is 5.56 Å². The average Bonchev–Trinajstić information content (AvgIpc) is 2.28. The number of rotatable bonds is 1. The molecule has 0 fully saturated rings. The lowest BCUT2D eigenvalue weighted by Crippen LogP contribution is -2.10. The number of benzene rings is 1. The Morgan fingerprint density at radius 1 is 1.41 bits per heavy atom. The van der Waals surface area contributed by atoms with Gasteiger partial charge in [0.1, 0.15) is 5.75 Å². The van der Waals surface area contributed by atoms with E-state index in [1.54, 1.807) is 0 Å². The molecule has 1 aromatic carbocycles. The quantitative estimate of drug-likeness (QED) is 0.640. The first-order valence-electron chi connectivity index (χ1n) is 4.68. The van der Waals surface area contributed by atoms with Crippen LogP contribution < -0.4 is 11.3 Å². The highest BCUT2D eigenvalue weighted by Crippen LogP contribution is 2.31. The van der Waals surface area contributed by atoms with Crippen molar-refractivity contribution in [3.05, 3.63) is 46.0 Å². The number of nitrogens with one attached hydrogen (secondary N) is 1. The highest BCUT2D eigenvalue weighted by atomic mass is 16.3. The summed E-state index contributed by atoms with van der Waals surface area (Å²) in [6.07, 6.45) is 0. The van der Waals surface area contributed by atoms with Crippen molar-refractivity contribution >= 4 is 11.6 Å². The summed E-state index contributed by atoms with van der Waals surface area (Å²) in [4.78, 5) is 20.7. The van der Waals surface area contributed by atoms with Crippen molar-refractivity contribution in [1.82, 2.24) is 9.97 Å². The van der Waals surface area contributed by atoms with Crippen molar-refractivity contribution in [3.63, 3.8) is 0 Å². The summed E-state index contributed by atoms with van der Waals surface area (Å²) in [5.41, 5.74) is 5.87. The minimum atomic E-state index is -0.417. The molecule has 84 valence electrons. The van der Waals surface area contributed by atoms with E-state index in [0.29, 0.717) is 11.3 Å². The monoisotopic (exact) mass is 228 g/mol. The van der Waals surface area contributed by atoms with Crippen molar-refractivity contribution in [2.75, 3.05) is 5.73 Å². The highest BCUT2D eigenvalue weighted by Gasteiger charge is 2.08. The molecule has 17 heavy (non-hydrogen) atoms. The molecule has 0 radical (unpaired) electrons. The van der Waals surface area contributed by atoms with Gasteiger partial charge in [0.05, 0.1) is 12.3 Å². The largest absolute Gasteiger partial charge is 0.507 e. The zero-order valence-corrected chi connectivity index (χ0v) is 8.64. The van der Waals surface area contributed by atoms with Gasteiger partial charge in [-0.1, -0.05) is 6.07 Å². The Kier molecular flexibility index (Phi) is 2.51. The summed E-state index contributed by atoms with van der Waals surface area (Å²) in [7, 11) is 0. The van der Waals surface area contributed by atoms with Crippen LogP contribution in [-0.4, -0.2) is 15.1 Å². The van der Waals surface area contributed by atoms with Crippen LogP contribution in [0.5, 0.6) is 5.75 Å². The van der Waals surface area contributed by atoms with E-state index >= 15 is 0 Å². The first-order valence-corrected chi connectivity index (χ1v) is 4.68. The third kappa shape index (κ3) is 2.08. The molecule has 0 aliphatic heterocycles. The molecule has 0 unspecified atom stereocenters. The predicted molar refractivity (Wildman–Crippen MR) is 62.6 cm³/mol. The fraction of sp³-hybridized carbons (Fsp3) is 0. The smallest absolute Gasteiger partial charge is 0.252 e. The van der Waals surface area contributed by atoms with E-state index in [1.165, 1.54) is 24.3 Å². The molecule has 0 saturated heterocycles. The van der Waals surface area contributed by atoms with Gasteiger partial charge in [-0.2, -0.15) is 0 Å². The van der Waals surface area contributed by atoms with Crippen LogP contribution in [0.2, 0.25) is 0 Å². The molecule has 0 aliphatic rings. The van der Waals surface area contributed by atoms with E-state index in [2.05, 4.69) is 14.8 Å². The number of aromatic amines is 1. The van der Waals surface area contributed by atoms with Gasteiger partial charge in [-0.3, -0.25) is 9.78 Å². The summed E-state index contributed by atoms with van der Waals surface area (Å²) in [5.74, 6) is -0.102. The van der Waals surface area contributed by atoms with Gasteiger partial charge >= 0.3 is 0 Å². The molecule has 1 aromatic heterocycles. The van der Waals surface area contributed by atoms with E-state index in [-0.39, 0.29) is 17.4 Å². The number of nitrogen functional groups attached to an aromatic ring is 1. The maximum atomic E-state index is 11.2. The van der Waals surface area contributed by atoms with E-state index in [1.807, 2.05) is 0 Å². The topological polar surface area (TPSA) is 96.4 Å². The first kappa shape index (κ1) is 10.7. The molecular weight excluding hydrogens is 220 g/mol. The van der Waals surface area contributed by atoms with Crippen LogP contribution in [0.15, 0.2) is 29.1 Å². The number of nitrogens with two attached hydrogens (primary N) is 1. The van der Waals surface area contributed by atoms with Gasteiger partial charge in [0.15, 0.2) is 5.69 Å². The Hall–Kier alpha value is -2.81. The Balaban J connectivity index is 2.68. The number of phenols is 1. The second-order valence-corrected chi connectivity index (χ2v) is 3.33. The number of aromatic nitrogens is 2. The first-order chi connectivity index (χ1) is 8.10. The number of nitrogens with zero attached hydrogens (tertiary/aromatic N) is 2. The van der Waals surface area contributed by atoms with Crippen LogP contribution >= 0.6 is 0 Å². The van der Waals surface area contributed by atoms with Crippen molar-refractivity contribution in [3.8, 4) is 17.0 Å². The lowest BCUT2D eigenvalue weighted by atomic mass is 10.1. The molecule has 0 saturated carbocycles. The number of aromatic hydroxyl groups is 1. The number of anilines is 1. The average molecular weight is 228 g/mol. The summed E-state index contributed by atoms with van der Waals surface area (Å²) >= 11 is 0. The molecule has 6 nitrogen and oxygen atoms in total. The lowest BCUT2D eigenvalue weighted by molar-refractivity contribution is 0.477. The van der Waals surface area contributed by atoms with Gasteiger partial charge in [0, 0.05) is 11.6 Å². The zero-order valence-electron chi connectivity index (χ0n) is 8.64. The van der Waals surface area contributed by atoms with Crippen molar-refractivity contribution in [2.24, 2.45) is 0 Å². The van der Waals surface area contributed by atoms with Crippen LogP contribution in [0.4, 0.5) is 11.6 Å². The van der Waals surface area contributed by atoms with Crippen molar-refractivity contribution in [1.29, 1.82) is 0 Å². The minimum absolute atomic E-state index is 0.0416. The van der Waals surface area contributed by atoms with Gasteiger partial charge < -0.3 is 10.8 Å². The summed E-state index contributed by atoms with van der Waals surface area (Å²) in [5, 5.41) is 9.67. The molecule has 2 rings (SSSR count). The Labute approximate surface area is 96.2 Å². The number of hydrogen-bond donors (Lipinski definition) is 3. The summed E-state index contributed by atoms with van der Waals surface area (Å²) in [6, 6.07) is 5.51. The van der Waals surface area contributed by atoms with Crippen LogP contribution in [0, 0.1) is 6.57 Å². The fourth-order valence-electron chi connectivity index (χ4n) is 1.41. The Morgan fingerprint density at radius 2 is 2.18 bits per heavy atom. The molecule has 1 heterocycles. The van der Waals surface area contributed by atoms with E-state index in [4.69, 9.17) is 12.3 Å². The van der Waals surface area contributed by atoms with E-state index in [9.17, 15) is 9.90 Å². The van der Waals surface area contributed by atoms with Crippen LogP contribution in [0.1, 0.15) is 0 Å². The van der Waals surface area contributed by atoms with Crippen molar-refractivity contribution in [2.45, 2.75) is 0 Å². The molecule has 2 aromatic rings. The number of H-pyrrole nitrogens is 1. The molecule has 6 heteroatoms. The number of hydrogen-bond acceptors (Lipinski definition) is 4. The van der Waals surface area contributed by atoms with Crippen LogP contribution in [0.3, 0.4) is 0 Å². The SMILES string of the molecule is [C-]#[N+]c1ccc(O)c(-c2cc(=O)[nH]c(N)n2)c1. The second-order valence-electron chi connectivity index (χ2n) is 3.33. The summed E-state index contributed by atoms with van der Waals surface area (Å²) < 4.78 is 0. The van der Waals surface area contributed by atoms with Crippen LogP contribution in [0.25, 0.3) is 16.1 Å². The molecular formula is C11H8N4O2. The van der Waals surface area contributed by atoms with Crippen LogP contribution in [-0.2, 0) is 0 Å². The molecule has 0 bridgehead atoms. The maximum Gasteiger partial charge on any atom is 0.252 e. The molecule has 0 amide bonds. The normalized spacial score (nSPS) is 9.82. The van der Waals surface area contributed by atoms with Gasteiger partial charge in [-0.15, -0.1) is 0 Å². The van der Waals surface area contributed by atoms with Gasteiger partial charge in [0.2, 0.25) is 5.95 Å². The zero-order chi connectivity index (χ0) is 12.4. The third-order valence-electron chi connectivity index (χ3n) is 2.15. The third-order valence-corrected chi connectivity index (χ3v) is 2.15.